The van der Waals surface area contributed by atoms with E-state index in [9.17, 15) is 9.90 Å². The maximum Gasteiger partial charge on any atom is 0.354 e. The van der Waals surface area contributed by atoms with Crippen molar-refractivity contribution < 1.29 is 15.0 Å². The number of carbonyl (C=O) groups is 1. The van der Waals surface area contributed by atoms with Crippen molar-refractivity contribution in [1.29, 1.82) is 0 Å². The number of aromatic hydroxyl groups is 1. The molecule has 5 nitrogen and oxygen atoms in total. The molecule has 2 rings (SSSR count). The van der Waals surface area contributed by atoms with E-state index in [0.29, 0.717) is 10.4 Å². The molecule has 1 aromatic carbocycles. The first-order valence-electron chi connectivity index (χ1n) is 4.73. The summed E-state index contributed by atoms with van der Waals surface area (Å²) in [7, 11) is 0. The number of fused-ring (bicyclic) bond motifs is 1. The zero-order valence-corrected chi connectivity index (χ0v) is 9.62. The smallest absolute Gasteiger partial charge is 0.354 e. The standard InChI is InChI=1S/C11H9ClN2O3/c1-4-8(11(16)17)14-9-6(10(4)15)2-5(12)3-7(9)13/h2-3H,13H2,1H3,(H,14,15)(H,16,17). The molecular formula is C11H9ClN2O3. The summed E-state index contributed by atoms with van der Waals surface area (Å²) in [5.74, 6) is -1.38. The number of halogens is 1. The molecule has 2 aromatic rings. The van der Waals surface area contributed by atoms with Gasteiger partial charge in [0.25, 0.3) is 0 Å². The minimum atomic E-state index is -1.21. The van der Waals surface area contributed by atoms with Crippen LogP contribution in [0.3, 0.4) is 0 Å². The lowest BCUT2D eigenvalue weighted by Gasteiger charge is -2.09. The number of nitrogen functional groups attached to an aromatic ring is 1. The first-order chi connectivity index (χ1) is 7.91. The van der Waals surface area contributed by atoms with Gasteiger partial charge >= 0.3 is 5.97 Å². The second kappa shape index (κ2) is 3.78. The molecule has 0 amide bonds. The Bertz CT molecular complexity index is 640. The van der Waals surface area contributed by atoms with Gasteiger partial charge in [0.2, 0.25) is 0 Å². The molecule has 0 fully saturated rings. The Kier molecular flexibility index (Phi) is 2.55. The zero-order chi connectivity index (χ0) is 12.7. The molecule has 0 aliphatic heterocycles. The summed E-state index contributed by atoms with van der Waals surface area (Å²) in [6.45, 7) is 1.47. The van der Waals surface area contributed by atoms with Gasteiger partial charge in [0.05, 0.1) is 11.2 Å². The number of anilines is 1. The largest absolute Gasteiger partial charge is 0.507 e. The first-order valence-corrected chi connectivity index (χ1v) is 5.11. The van der Waals surface area contributed by atoms with Gasteiger partial charge in [0, 0.05) is 16.0 Å². The monoisotopic (exact) mass is 252 g/mol. The number of pyridine rings is 1. The van der Waals surface area contributed by atoms with Gasteiger partial charge < -0.3 is 15.9 Å². The summed E-state index contributed by atoms with van der Waals surface area (Å²) in [6.07, 6.45) is 0. The van der Waals surface area contributed by atoms with Crippen molar-refractivity contribution in [2.75, 3.05) is 5.73 Å². The molecule has 88 valence electrons. The number of nitrogens with two attached hydrogens (primary N) is 1. The van der Waals surface area contributed by atoms with E-state index in [2.05, 4.69) is 4.98 Å². The van der Waals surface area contributed by atoms with Crippen LogP contribution in [0.5, 0.6) is 5.75 Å². The molecule has 0 saturated heterocycles. The number of nitrogens with zero attached hydrogens (tertiary/aromatic N) is 1. The molecule has 0 spiro atoms. The lowest BCUT2D eigenvalue weighted by atomic mass is 10.1. The van der Waals surface area contributed by atoms with Crippen LogP contribution >= 0.6 is 11.6 Å². The summed E-state index contributed by atoms with van der Waals surface area (Å²) in [5, 5.41) is 19.6. The summed E-state index contributed by atoms with van der Waals surface area (Å²) in [6, 6.07) is 2.95. The van der Waals surface area contributed by atoms with Crippen molar-refractivity contribution >= 4 is 34.2 Å². The van der Waals surface area contributed by atoms with Crippen LogP contribution in [-0.2, 0) is 0 Å². The molecule has 17 heavy (non-hydrogen) atoms. The quantitative estimate of drug-likeness (QED) is 0.676. The fraction of sp³-hybridized carbons (Fsp3) is 0.0909. The highest BCUT2D eigenvalue weighted by Crippen LogP contribution is 2.34. The predicted molar refractivity (Wildman–Crippen MR) is 64.5 cm³/mol. The lowest BCUT2D eigenvalue weighted by molar-refractivity contribution is 0.0689. The molecule has 0 saturated carbocycles. The minimum Gasteiger partial charge on any atom is -0.507 e. The predicted octanol–water partition coefficient (Wildman–Crippen LogP) is 2.18. The second-order valence-electron chi connectivity index (χ2n) is 3.63. The van der Waals surface area contributed by atoms with Crippen LogP contribution < -0.4 is 5.73 Å². The SMILES string of the molecule is Cc1c(C(=O)O)nc2c(N)cc(Cl)cc2c1O. The number of aromatic carboxylic acids is 1. The number of carboxylic acid groups (broad SMARTS) is 1. The minimum absolute atomic E-state index is 0.165. The van der Waals surface area contributed by atoms with Gasteiger partial charge in [0.15, 0.2) is 5.69 Å². The summed E-state index contributed by atoms with van der Waals surface area (Å²) in [5.41, 5.74) is 6.12. The number of aromatic nitrogens is 1. The van der Waals surface area contributed by atoms with Crippen LogP contribution in [-0.4, -0.2) is 21.2 Å². The Balaban J connectivity index is 2.96. The molecule has 4 N–H and O–H groups in total. The summed E-state index contributed by atoms with van der Waals surface area (Å²) >= 11 is 5.82. The van der Waals surface area contributed by atoms with E-state index in [0.717, 1.165) is 0 Å². The van der Waals surface area contributed by atoms with Gasteiger partial charge in [-0.15, -0.1) is 0 Å². The van der Waals surface area contributed by atoms with Gasteiger partial charge in [-0.25, -0.2) is 9.78 Å². The summed E-state index contributed by atoms with van der Waals surface area (Å²) in [4.78, 5) is 14.9. The van der Waals surface area contributed by atoms with E-state index < -0.39 is 5.97 Å². The van der Waals surface area contributed by atoms with Crippen molar-refractivity contribution in [2.45, 2.75) is 6.92 Å². The molecule has 1 aromatic heterocycles. The molecule has 0 aliphatic carbocycles. The lowest BCUT2D eigenvalue weighted by Crippen LogP contribution is -2.05. The molecular weight excluding hydrogens is 244 g/mol. The van der Waals surface area contributed by atoms with E-state index in [1.54, 1.807) is 0 Å². The maximum atomic E-state index is 11.0. The summed E-state index contributed by atoms with van der Waals surface area (Å²) < 4.78 is 0. The number of carboxylic acids is 1. The Morgan fingerprint density at radius 3 is 2.71 bits per heavy atom. The third-order valence-corrected chi connectivity index (χ3v) is 2.71. The number of benzene rings is 1. The van der Waals surface area contributed by atoms with Crippen LogP contribution in [0.15, 0.2) is 12.1 Å². The van der Waals surface area contributed by atoms with Gasteiger partial charge in [-0.1, -0.05) is 11.6 Å². The van der Waals surface area contributed by atoms with Crippen molar-refractivity contribution in [1.82, 2.24) is 4.98 Å². The van der Waals surface area contributed by atoms with Crippen molar-refractivity contribution in [3.8, 4) is 5.75 Å². The van der Waals surface area contributed by atoms with Crippen LogP contribution in [0, 0.1) is 6.92 Å². The normalized spacial score (nSPS) is 10.7. The van der Waals surface area contributed by atoms with Crippen molar-refractivity contribution in [2.24, 2.45) is 0 Å². The Hall–Kier alpha value is -2.01. The highest BCUT2D eigenvalue weighted by Gasteiger charge is 2.17. The molecule has 0 bridgehead atoms. The van der Waals surface area contributed by atoms with Gasteiger partial charge in [-0.3, -0.25) is 0 Å². The van der Waals surface area contributed by atoms with Crippen molar-refractivity contribution in [3.05, 3.63) is 28.4 Å². The van der Waals surface area contributed by atoms with Gasteiger partial charge in [-0.05, 0) is 19.1 Å². The van der Waals surface area contributed by atoms with E-state index in [1.807, 2.05) is 0 Å². The van der Waals surface area contributed by atoms with Crippen LogP contribution in [0.1, 0.15) is 16.1 Å². The van der Waals surface area contributed by atoms with Gasteiger partial charge in [0.1, 0.15) is 5.75 Å². The van der Waals surface area contributed by atoms with Crippen LogP contribution in [0.2, 0.25) is 5.02 Å². The second-order valence-corrected chi connectivity index (χ2v) is 4.07. The van der Waals surface area contributed by atoms with E-state index >= 15 is 0 Å². The molecule has 0 radical (unpaired) electrons. The van der Waals surface area contributed by atoms with Crippen molar-refractivity contribution in [3.63, 3.8) is 0 Å². The molecule has 6 heteroatoms. The Labute approximate surface area is 101 Å². The Morgan fingerprint density at radius 1 is 1.47 bits per heavy atom. The fourth-order valence-electron chi connectivity index (χ4n) is 1.64. The van der Waals surface area contributed by atoms with Gasteiger partial charge in [-0.2, -0.15) is 0 Å². The van der Waals surface area contributed by atoms with Crippen LogP contribution in [0.25, 0.3) is 10.9 Å². The first kappa shape index (κ1) is 11.5. The average molecular weight is 253 g/mol. The maximum absolute atomic E-state index is 11.0. The topological polar surface area (TPSA) is 96.4 Å². The number of rotatable bonds is 1. The van der Waals surface area contributed by atoms with E-state index in [-0.39, 0.29) is 28.2 Å². The highest BCUT2D eigenvalue weighted by molar-refractivity contribution is 6.32. The van der Waals surface area contributed by atoms with Crippen LogP contribution in [0.4, 0.5) is 5.69 Å². The molecule has 0 unspecified atom stereocenters. The average Bonchev–Trinajstić information content (AvgIpc) is 2.23. The molecule has 0 aliphatic rings. The molecule has 0 atom stereocenters. The third kappa shape index (κ3) is 1.74. The highest BCUT2D eigenvalue weighted by atomic mass is 35.5. The third-order valence-electron chi connectivity index (χ3n) is 2.50. The number of hydrogen-bond acceptors (Lipinski definition) is 4. The number of hydrogen-bond donors (Lipinski definition) is 3. The fourth-order valence-corrected chi connectivity index (χ4v) is 1.87. The zero-order valence-electron chi connectivity index (χ0n) is 8.86. The Morgan fingerprint density at radius 2 is 2.12 bits per heavy atom. The van der Waals surface area contributed by atoms with E-state index in [1.165, 1.54) is 19.1 Å². The molecule has 1 heterocycles. The van der Waals surface area contributed by atoms with E-state index in [4.69, 9.17) is 22.4 Å².